The molecule has 0 unspecified atom stereocenters. The van der Waals surface area contributed by atoms with Crippen LogP contribution < -0.4 is 0 Å². The summed E-state index contributed by atoms with van der Waals surface area (Å²) in [7, 11) is 0. The van der Waals surface area contributed by atoms with Crippen molar-refractivity contribution < 1.29 is 0 Å². The van der Waals surface area contributed by atoms with Crippen LogP contribution in [0.5, 0.6) is 0 Å². The lowest BCUT2D eigenvalue weighted by Crippen LogP contribution is -1.74. The highest BCUT2D eigenvalue weighted by Crippen LogP contribution is 2.23. The van der Waals surface area contributed by atoms with E-state index in [1.165, 1.54) is 11.3 Å². The average molecular weight is 228 g/mol. The van der Waals surface area contributed by atoms with Crippen molar-refractivity contribution >= 4 is 32.8 Å². The van der Waals surface area contributed by atoms with Crippen LogP contribution in [-0.4, -0.2) is 5.33 Å². The Labute approximate surface area is 78.1 Å². The van der Waals surface area contributed by atoms with E-state index in [2.05, 4.69) is 28.6 Å². The van der Waals surface area contributed by atoms with Gasteiger partial charge in [0.2, 0.25) is 0 Å². The predicted molar refractivity (Wildman–Crippen MR) is 51.9 cm³/mol. The Morgan fingerprint density at radius 3 is 2.91 bits per heavy atom. The summed E-state index contributed by atoms with van der Waals surface area (Å²) >= 11 is 4.78. The molecule has 0 aromatic carbocycles. The molecule has 1 heterocycles. The molecule has 1 aromatic heterocycles. The van der Waals surface area contributed by atoms with Crippen molar-refractivity contribution in [3.05, 3.63) is 28.5 Å². The minimum Gasteiger partial charge on any atom is -0.192 e. The summed E-state index contributed by atoms with van der Waals surface area (Å²) in [5, 5.41) is 9.29. The van der Waals surface area contributed by atoms with Gasteiger partial charge in [-0.25, -0.2) is 0 Å². The number of nitriles is 1. The third-order valence-corrected chi connectivity index (χ3v) is 2.99. The van der Waals surface area contributed by atoms with Crippen molar-refractivity contribution in [2.24, 2.45) is 0 Å². The molecular formula is C8H6BrNS. The minimum atomic E-state index is 0.738. The summed E-state index contributed by atoms with van der Waals surface area (Å²) in [6.07, 6.45) is 0. The van der Waals surface area contributed by atoms with E-state index >= 15 is 0 Å². The first kappa shape index (κ1) is 8.51. The summed E-state index contributed by atoms with van der Waals surface area (Å²) in [5.41, 5.74) is 1.02. The highest BCUT2D eigenvalue weighted by atomic mass is 79.9. The minimum absolute atomic E-state index is 0.738. The first-order valence-electron chi connectivity index (χ1n) is 3.02. The van der Waals surface area contributed by atoms with Gasteiger partial charge in [0.1, 0.15) is 10.9 Å². The van der Waals surface area contributed by atoms with E-state index < -0.39 is 0 Å². The summed E-state index contributed by atoms with van der Waals surface area (Å²) in [5.74, 6) is 0. The van der Waals surface area contributed by atoms with Gasteiger partial charge in [0.05, 0.1) is 0 Å². The van der Waals surface area contributed by atoms with E-state index in [-0.39, 0.29) is 0 Å². The summed E-state index contributed by atoms with van der Waals surface area (Å²) < 4.78 is 0. The highest BCUT2D eigenvalue weighted by molar-refractivity contribution is 9.09. The Hall–Kier alpha value is -0.590. The van der Waals surface area contributed by atoms with Gasteiger partial charge in [-0.05, 0) is 17.7 Å². The Bertz CT molecular complexity index is 308. The van der Waals surface area contributed by atoms with Crippen LogP contribution in [0.4, 0.5) is 0 Å². The first-order chi connectivity index (χ1) is 5.27. The number of nitrogens with zero attached hydrogens (tertiary/aromatic N) is 1. The molecule has 0 fully saturated rings. The van der Waals surface area contributed by atoms with E-state index in [1.807, 2.05) is 12.1 Å². The summed E-state index contributed by atoms with van der Waals surface area (Å²) in [6.45, 7) is 3.85. The quantitative estimate of drug-likeness (QED) is 0.713. The van der Waals surface area contributed by atoms with Crippen LogP contribution in [0.15, 0.2) is 18.7 Å². The van der Waals surface area contributed by atoms with Crippen molar-refractivity contribution in [1.29, 1.82) is 5.26 Å². The average Bonchev–Trinajstić information content (AvgIpc) is 2.50. The maximum absolute atomic E-state index is 8.52. The van der Waals surface area contributed by atoms with Crippen molar-refractivity contribution in [3.63, 3.8) is 0 Å². The van der Waals surface area contributed by atoms with Crippen LogP contribution in [0.25, 0.3) is 5.57 Å². The van der Waals surface area contributed by atoms with Gasteiger partial charge in [0.15, 0.2) is 0 Å². The second-order valence-corrected chi connectivity index (χ2v) is 3.66. The SMILES string of the molecule is C=C(CBr)c1ccc(C#N)s1. The van der Waals surface area contributed by atoms with Gasteiger partial charge >= 0.3 is 0 Å². The normalized spacial score (nSPS) is 9.09. The molecule has 0 radical (unpaired) electrons. The molecule has 0 amide bonds. The van der Waals surface area contributed by atoms with Crippen LogP contribution >= 0.6 is 27.3 Å². The topological polar surface area (TPSA) is 23.8 Å². The maximum atomic E-state index is 8.52. The number of halogens is 1. The second-order valence-electron chi connectivity index (χ2n) is 2.01. The van der Waals surface area contributed by atoms with Crippen LogP contribution in [0.2, 0.25) is 0 Å². The van der Waals surface area contributed by atoms with Crippen molar-refractivity contribution in [1.82, 2.24) is 0 Å². The van der Waals surface area contributed by atoms with Gasteiger partial charge in [-0.1, -0.05) is 22.5 Å². The van der Waals surface area contributed by atoms with Gasteiger partial charge < -0.3 is 0 Å². The predicted octanol–water partition coefficient (Wildman–Crippen LogP) is 3.03. The van der Waals surface area contributed by atoms with Gasteiger partial charge in [0, 0.05) is 10.2 Å². The molecule has 1 rings (SSSR count). The molecule has 0 saturated carbocycles. The lowest BCUT2D eigenvalue weighted by atomic mass is 10.3. The largest absolute Gasteiger partial charge is 0.192 e. The van der Waals surface area contributed by atoms with E-state index in [0.717, 1.165) is 20.7 Å². The molecule has 0 N–H and O–H groups in total. The monoisotopic (exact) mass is 227 g/mol. The smallest absolute Gasteiger partial charge is 0.110 e. The Morgan fingerprint density at radius 2 is 2.45 bits per heavy atom. The molecule has 0 aliphatic rings. The summed E-state index contributed by atoms with van der Waals surface area (Å²) in [4.78, 5) is 1.82. The number of alkyl halides is 1. The summed E-state index contributed by atoms with van der Waals surface area (Å²) in [6, 6.07) is 5.83. The molecular weight excluding hydrogens is 222 g/mol. The van der Waals surface area contributed by atoms with Crippen LogP contribution in [0, 0.1) is 11.3 Å². The van der Waals surface area contributed by atoms with E-state index in [0.29, 0.717) is 0 Å². The number of hydrogen-bond donors (Lipinski definition) is 0. The van der Waals surface area contributed by atoms with E-state index in [9.17, 15) is 0 Å². The van der Waals surface area contributed by atoms with Crippen molar-refractivity contribution in [2.45, 2.75) is 0 Å². The zero-order valence-corrected chi connectivity index (χ0v) is 8.20. The van der Waals surface area contributed by atoms with Gasteiger partial charge in [-0.2, -0.15) is 5.26 Å². The molecule has 0 bridgehead atoms. The third-order valence-electron chi connectivity index (χ3n) is 1.23. The molecule has 0 atom stereocenters. The van der Waals surface area contributed by atoms with E-state index in [1.54, 1.807) is 0 Å². The fourth-order valence-corrected chi connectivity index (χ4v) is 1.91. The maximum Gasteiger partial charge on any atom is 0.110 e. The molecule has 0 aliphatic heterocycles. The van der Waals surface area contributed by atoms with Crippen molar-refractivity contribution in [2.75, 3.05) is 5.33 Å². The molecule has 3 heteroatoms. The fraction of sp³-hybridized carbons (Fsp3) is 0.125. The van der Waals surface area contributed by atoms with E-state index in [4.69, 9.17) is 5.26 Å². The molecule has 1 nitrogen and oxygen atoms in total. The van der Waals surface area contributed by atoms with Crippen LogP contribution in [-0.2, 0) is 0 Å². The Morgan fingerprint density at radius 1 is 1.73 bits per heavy atom. The lowest BCUT2D eigenvalue weighted by molar-refractivity contribution is 1.52. The van der Waals surface area contributed by atoms with Gasteiger partial charge in [-0.15, -0.1) is 11.3 Å². The van der Waals surface area contributed by atoms with Crippen molar-refractivity contribution in [3.8, 4) is 6.07 Å². The first-order valence-corrected chi connectivity index (χ1v) is 4.95. The van der Waals surface area contributed by atoms with Crippen LogP contribution in [0.1, 0.15) is 9.75 Å². The lowest BCUT2D eigenvalue weighted by Gasteiger charge is -1.92. The molecule has 0 spiro atoms. The molecule has 11 heavy (non-hydrogen) atoms. The molecule has 0 aliphatic carbocycles. The zero-order chi connectivity index (χ0) is 8.27. The number of thiophene rings is 1. The van der Waals surface area contributed by atoms with Gasteiger partial charge in [-0.3, -0.25) is 0 Å². The highest BCUT2D eigenvalue weighted by Gasteiger charge is 2.00. The standard InChI is InChI=1S/C8H6BrNS/c1-6(4-9)8-3-2-7(5-10)11-8/h2-3H,1,4H2. The number of rotatable bonds is 2. The number of hydrogen-bond acceptors (Lipinski definition) is 2. The zero-order valence-electron chi connectivity index (χ0n) is 5.80. The Kier molecular flexibility index (Phi) is 2.86. The molecule has 0 saturated heterocycles. The molecule has 1 aromatic rings. The van der Waals surface area contributed by atoms with Crippen LogP contribution in [0.3, 0.4) is 0 Å². The molecule has 56 valence electrons. The third kappa shape index (κ3) is 1.92. The Balaban J connectivity index is 2.91. The second kappa shape index (κ2) is 3.70. The number of allylic oxidation sites excluding steroid dienone is 1. The fourth-order valence-electron chi connectivity index (χ4n) is 0.654. The van der Waals surface area contributed by atoms with Gasteiger partial charge in [0.25, 0.3) is 0 Å².